The molecule has 0 radical (unpaired) electrons. The van der Waals surface area contributed by atoms with Crippen LogP contribution in [0.2, 0.25) is 0 Å². The number of hydrogen-bond acceptors (Lipinski definition) is 3. The van der Waals surface area contributed by atoms with Crippen molar-refractivity contribution in [1.82, 2.24) is 13.2 Å². The summed E-state index contributed by atoms with van der Waals surface area (Å²) in [7, 11) is -3.77. The molecule has 0 bridgehead atoms. The number of ether oxygens (including phenoxy) is 1. The van der Waals surface area contributed by atoms with Crippen LogP contribution < -0.4 is 0 Å². The molecule has 1 aromatic heterocycles. The summed E-state index contributed by atoms with van der Waals surface area (Å²) in [5.41, 5.74) is 1.14. The van der Waals surface area contributed by atoms with Gasteiger partial charge in [-0.05, 0) is 29.8 Å². The van der Waals surface area contributed by atoms with Crippen molar-refractivity contribution in [3.05, 3.63) is 59.4 Å². The molecule has 0 amide bonds. The van der Waals surface area contributed by atoms with Crippen molar-refractivity contribution in [2.75, 3.05) is 32.8 Å². The van der Waals surface area contributed by atoms with Gasteiger partial charge < -0.3 is 9.30 Å². The summed E-state index contributed by atoms with van der Waals surface area (Å²) < 4.78 is 63.6. The van der Waals surface area contributed by atoms with E-state index in [9.17, 15) is 17.2 Å². The Hall–Kier alpha value is -1.81. The van der Waals surface area contributed by atoms with Crippen molar-refractivity contribution in [3.63, 3.8) is 0 Å². The monoisotopic (exact) mass is 383 g/mol. The molecule has 9 heteroatoms. The van der Waals surface area contributed by atoms with E-state index in [2.05, 4.69) is 0 Å². The molecule has 1 saturated heterocycles. The number of aromatic nitrogens is 1. The molecule has 1 aromatic carbocycles. The number of fused-ring (bicyclic) bond motifs is 1. The van der Waals surface area contributed by atoms with Gasteiger partial charge >= 0.3 is 0 Å². The van der Waals surface area contributed by atoms with Gasteiger partial charge in [-0.15, -0.1) is 0 Å². The van der Waals surface area contributed by atoms with Crippen molar-refractivity contribution in [2.45, 2.75) is 12.6 Å². The van der Waals surface area contributed by atoms with E-state index in [-0.39, 0.29) is 19.6 Å². The number of halogens is 2. The molecule has 4 rings (SSSR count). The number of nitrogens with zero attached hydrogens (tertiary/aromatic N) is 3. The third kappa shape index (κ3) is 2.94. The van der Waals surface area contributed by atoms with Gasteiger partial charge in [0.2, 0.25) is 0 Å². The summed E-state index contributed by atoms with van der Waals surface area (Å²) in [5, 5.41) is 0. The normalized spacial score (nSPS) is 22.3. The fourth-order valence-corrected chi connectivity index (χ4v) is 5.27. The van der Waals surface area contributed by atoms with E-state index in [0.29, 0.717) is 25.3 Å². The Balaban J connectivity index is 1.79. The van der Waals surface area contributed by atoms with Gasteiger partial charge in [0.15, 0.2) is 11.6 Å². The molecule has 0 N–H and O–H groups in total. The lowest BCUT2D eigenvalue weighted by molar-refractivity contribution is 0.0689. The number of hydrogen-bond donors (Lipinski definition) is 0. The third-order valence-corrected chi connectivity index (χ3v) is 6.85. The summed E-state index contributed by atoms with van der Waals surface area (Å²) in [6.45, 7) is 2.02. The van der Waals surface area contributed by atoms with Crippen LogP contribution in [-0.4, -0.2) is 54.4 Å². The van der Waals surface area contributed by atoms with E-state index in [1.807, 2.05) is 22.9 Å². The zero-order valence-electron chi connectivity index (χ0n) is 14.0. The van der Waals surface area contributed by atoms with Crippen LogP contribution in [0.15, 0.2) is 36.5 Å². The van der Waals surface area contributed by atoms with Gasteiger partial charge in [-0.2, -0.15) is 17.0 Å². The van der Waals surface area contributed by atoms with E-state index >= 15 is 0 Å². The molecule has 1 atom stereocenters. The largest absolute Gasteiger partial charge is 0.379 e. The first-order chi connectivity index (χ1) is 12.5. The topological polar surface area (TPSA) is 54.8 Å². The summed E-state index contributed by atoms with van der Waals surface area (Å²) >= 11 is 0. The predicted octanol–water partition coefficient (Wildman–Crippen LogP) is 1.75. The molecule has 2 aliphatic heterocycles. The highest BCUT2D eigenvalue weighted by molar-refractivity contribution is 7.86. The first kappa shape index (κ1) is 17.6. The van der Waals surface area contributed by atoms with Crippen LogP contribution in [0.5, 0.6) is 0 Å². The molecule has 3 heterocycles. The number of rotatable bonds is 3. The molecular formula is C17H19F2N3O3S. The smallest absolute Gasteiger partial charge is 0.283 e. The molecule has 2 aromatic rings. The van der Waals surface area contributed by atoms with Crippen molar-refractivity contribution in [3.8, 4) is 0 Å². The Morgan fingerprint density at radius 1 is 1.00 bits per heavy atom. The maximum atomic E-state index is 13.8. The van der Waals surface area contributed by atoms with Gasteiger partial charge in [0.25, 0.3) is 10.2 Å². The highest BCUT2D eigenvalue weighted by atomic mass is 32.2. The lowest BCUT2D eigenvalue weighted by Crippen LogP contribution is -2.52. The second-order valence-electron chi connectivity index (χ2n) is 6.33. The highest BCUT2D eigenvalue weighted by Crippen LogP contribution is 2.36. The summed E-state index contributed by atoms with van der Waals surface area (Å²) in [4.78, 5) is 0. The number of benzene rings is 1. The lowest BCUT2D eigenvalue weighted by Gasteiger charge is -2.39. The van der Waals surface area contributed by atoms with Crippen LogP contribution in [0.1, 0.15) is 17.3 Å². The first-order valence-corrected chi connectivity index (χ1v) is 9.83. The zero-order chi connectivity index (χ0) is 18.3. The van der Waals surface area contributed by atoms with Gasteiger partial charge in [0.1, 0.15) is 0 Å². The fourth-order valence-electron chi connectivity index (χ4n) is 3.56. The van der Waals surface area contributed by atoms with Gasteiger partial charge in [0.05, 0.1) is 19.3 Å². The second-order valence-corrected chi connectivity index (χ2v) is 8.21. The van der Waals surface area contributed by atoms with Gasteiger partial charge in [0, 0.05) is 38.1 Å². The van der Waals surface area contributed by atoms with Crippen LogP contribution in [0.3, 0.4) is 0 Å². The van der Waals surface area contributed by atoms with Crippen molar-refractivity contribution in [2.24, 2.45) is 0 Å². The van der Waals surface area contributed by atoms with Gasteiger partial charge in [-0.25, -0.2) is 8.78 Å². The Labute approximate surface area is 150 Å². The molecular weight excluding hydrogens is 364 g/mol. The molecule has 26 heavy (non-hydrogen) atoms. The average Bonchev–Trinajstić information content (AvgIpc) is 3.13. The summed E-state index contributed by atoms with van der Waals surface area (Å²) in [5.74, 6) is -1.95. The number of morpholine rings is 1. The van der Waals surface area contributed by atoms with Gasteiger partial charge in [-0.1, -0.05) is 6.07 Å². The van der Waals surface area contributed by atoms with Crippen LogP contribution in [-0.2, 0) is 21.5 Å². The van der Waals surface area contributed by atoms with Crippen LogP contribution >= 0.6 is 0 Å². The SMILES string of the molecule is O=S(=O)(N1CCOCC1)N1CCn2cccc2C1c1ccc(F)c(F)c1. The summed E-state index contributed by atoms with van der Waals surface area (Å²) in [6, 6.07) is 6.48. The molecule has 2 aliphatic rings. The van der Waals surface area contributed by atoms with Crippen molar-refractivity contribution in [1.29, 1.82) is 0 Å². The Bertz CT molecular complexity index is 910. The zero-order valence-corrected chi connectivity index (χ0v) is 14.8. The highest BCUT2D eigenvalue weighted by Gasteiger charge is 2.40. The maximum absolute atomic E-state index is 13.8. The van der Waals surface area contributed by atoms with Crippen molar-refractivity contribution < 1.29 is 21.9 Å². The lowest BCUT2D eigenvalue weighted by atomic mass is 10.0. The maximum Gasteiger partial charge on any atom is 0.283 e. The molecule has 1 unspecified atom stereocenters. The van der Waals surface area contributed by atoms with Crippen molar-refractivity contribution >= 4 is 10.2 Å². The van der Waals surface area contributed by atoms with Crippen LogP contribution in [0.4, 0.5) is 8.78 Å². The minimum Gasteiger partial charge on any atom is -0.379 e. The standard InChI is InChI=1S/C17H19F2N3O3S/c18-14-4-3-13(12-15(14)19)17-16-2-1-5-20(16)6-7-22(17)26(23,24)21-8-10-25-11-9-21/h1-5,12,17H,6-11H2. The third-order valence-electron chi connectivity index (χ3n) is 4.85. The first-order valence-electron chi connectivity index (χ1n) is 8.43. The Morgan fingerprint density at radius 3 is 2.50 bits per heavy atom. The molecule has 0 aliphatic carbocycles. The second kappa shape index (κ2) is 6.73. The van der Waals surface area contributed by atoms with E-state index in [1.54, 1.807) is 0 Å². The molecule has 6 nitrogen and oxygen atoms in total. The van der Waals surface area contributed by atoms with Crippen LogP contribution in [0.25, 0.3) is 0 Å². The average molecular weight is 383 g/mol. The Kier molecular flexibility index (Phi) is 4.55. The van der Waals surface area contributed by atoms with E-state index in [1.165, 1.54) is 14.7 Å². The van der Waals surface area contributed by atoms with Gasteiger partial charge in [-0.3, -0.25) is 0 Å². The summed E-state index contributed by atoms with van der Waals surface area (Å²) in [6.07, 6.45) is 1.86. The fraction of sp³-hybridized carbons (Fsp3) is 0.412. The molecule has 140 valence electrons. The van der Waals surface area contributed by atoms with E-state index < -0.39 is 27.9 Å². The molecule has 0 spiro atoms. The Morgan fingerprint density at radius 2 is 1.77 bits per heavy atom. The van der Waals surface area contributed by atoms with E-state index in [4.69, 9.17) is 4.74 Å². The van der Waals surface area contributed by atoms with E-state index in [0.717, 1.165) is 17.8 Å². The minimum absolute atomic E-state index is 0.255. The minimum atomic E-state index is -3.77. The quantitative estimate of drug-likeness (QED) is 0.812. The van der Waals surface area contributed by atoms with Crippen LogP contribution in [0, 0.1) is 11.6 Å². The molecule has 1 fully saturated rings. The molecule has 0 saturated carbocycles. The predicted molar refractivity (Wildman–Crippen MR) is 90.7 cm³/mol.